The lowest BCUT2D eigenvalue weighted by Gasteiger charge is -2.25. The molecule has 7 nitrogen and oxygen atoms in total. The van der Waals surface area contributed by atoms with Gasteiger partial charge in [0.05, 0.1) is 18.7 Å². The van der Waals surface area contributed by atoms with E-state index in [1.165, 1.54) is 0 Å². The Balaban J connectivity index is 2.02. The summed E-state index contributed by atoms with van der Waals surface area (Å²) in [6.07, 6.45) is 1.84. The molecular formula is C14H23N3O4. The molecule has 2 rings (SSSR count). The number of carbonyl (C=O) groups is 2. The molecule has 1 saturated heterocycles. The minimum Gasteiger partial charge on any atom is -0.463 e. The maximum Gasteiger partial charge on any atom is 0.337 e. The molecule has 0 bridgehead atoms. The number of likely N-dealkylation sites (tertiary alicyclic amines) is 1. The zero-order valence-corrected chi connectivity index (χ0v) is 12.4. The fraction of sp³-hybridized carbons (Fsp3) is 0.714. The molecule has 2 aliphatic rings. The largest absolute Gasteiger partial charge is 0.463 e. The molecule has 0 spiro atoms. The van der Waals surface area contributed by atoms with E-state index in [4.69, 9.17) is 9.84 Å². The number of nitrogens with zero attached hydrogens (tertiary/aromatic N) is 1. The Labute approximate surface area is 124 Å². The first kappa shape index (κ1) is 15.8. The van der Waals surface area contributed by atoms with Crippen molar-refractivity contribution < 1.29 is 19.4 Å². The maximum atomic E-state index is 11.9. The first-order valence-electron chi connectivity index (χ1n) is 7.41. The summed E-state index contributed by atoms with van der Waals surface area (Å²) in [7, 11) is 0. The van der Waals surface area contributed by atoms with Crippen molar-refractivity contribution in [2.75, 3.05) is 39.4 Å². The lowest BCUT2D eigenvalue weighted by atomic mass is 10.1. The number of esters is 1. The third-order valence-electron chi connectivity index (χ3n) is 3.87. The van der Waals surface area contributed by atoms with Gasteiger partial charge < -0.3 is 20.5 Å². The van der Waals surface area contributed by atoms with Crippen LogP contribution in [-0.4, -0.2) is 61.4 Å². The minimum absolute atomic E-state index is 0.202. The topological polar surface area (TPSA) is 90.9 Å². The summed E-state index contributed by atoms with van der Waals surface area (Å²) in [6, 6.07) is -0.288. The first-order valence-corrected chi connectivity index (χ1v) is 7.41. The van der Waals surface area contributed by atoms with Gasteiger partial charge in [-0.1, -0.05) is 0 Å². The number of rotatable bonds is 6. The van der Waals surface area contributed by atoms with Gasteiger partial charge in [0, 0.05) is 25.4 Å². The van der Waals surface area contributed by atoms with Crippen LogP contribution in [0.4, 0.5) is 4.79 Å². The zero-order valence-electron chi connectivity index (χ0n) is 12.4. The van der Waals surface area contributed by atoms with Crippen molar-refractivity contribution in [3.05, 3.63) is 11.3 Å². The van der Waals surface area contributed by atoms with E-state index in [-0.39, 0.29) is 25.2 Å². The number of hydrogen-bond acceptors (Lipinski definition) is 5. The molecule has 1 fully saturated rings. The average molecular weight is 297 g/mol. The van der Waals surface area contributed by atoms with Crippen molar-refractivity contribution in [1.82, 2.24) is 15.5 Å². The SMILES string of the molecule is CCOC(=O)C1=C(CN2CCC(CCO)C2)NC(=O)NC1. The second kappa shape index (κ2) is 7.42. The normalized spacial score (nSPS) is 23.0. The van der Waals surface area contributed by atoms with Crippen LogP contribution in [0.1, 0.15) is 19.8 Å². The summed E-state index contributed by atoms with van der Waals surface area (Å²) < 4.78 is 5.03. The Morgan fingerprint density at radius 2 is 2.33 bits per heavy atom. The van der Waals surface area contributed by atoms with Gasteiger partial charge in [-0.3, -0.25) is 4.90 Å². The van der Waals surface area contributed by atoms with E-state index in [9.17, 15) is 9.59 Å². The van der Waals surface area contributed by atoms with Gasteiger partial charge in [-0.2, -0.15) is 0 Å². The average Bonchev–Trinajstić information content (AvgIpc) is 2.87. The quantitative estimate of drug-likeness (QED) is 0.592. The number of amides is 2. The molecule has 2 aliphatic heterocycles. The van der Waals surface area contributed by atoms with Crippen molar-refractivity contribution in [3.8, 4) is 0 Å². The van der Waals surface area contributed by atoms with Crippen LogP contribution in [0.5, 0.6) is 0 Å². The molecule has 118 valence electrons. The third kappa shape index (κ3) is 4.18. The Bertz CT molecular complexity index is 436. The van der Waals surface area contributed by atoms with Crippen molar-refractivity contribution in [2.24, 2.45) is 5.92 Å². The summed E-state index contributed by atoms with van der Waals surface area (Å²) in [5, 5.41) is 14.3. The van der Waals surface area contributed by atoms with Gasteiger partial charge in [0.1, 0.15) is 0 Å². The number of aliphatic hydroxyl groups is 1. The Morgan fingerprint density at radius 1 is 1.52 bits per heavy atom. The highest BCUT2D eigenvalue weighted by Gasteiger charge is 2.28. The highest BCUT2D eigenvalue weighted by Crippen LogP contribution is 2.21. The summed E-state index contributed by atoms with van der Waals surface area (Å²) in [4.78, 5) is 25.6. The zero-order chi connectivity index (χ0) is 15.2. The van der Waals surface area contributed by atoms with Gasteiger partial charge in [-0.05, 0) is 32.2 Å². The highest BCUT2D eigenvalue weighted by atomic mass is 16.5. The molecule has 1 unspecified atom stereocenters. The van der Waals surface area contributed by atoms with Crippen molar-refractivity contribution in [3.63, 3.8) is 0 Å². The maximum absolute atomic E-state index is 11.9. The highest BCUT2D eigenvalue weighted by molar-refractivity contribution is 5.93. The molecule has 7 heteroatoms. The summed E-state index contributed by atoms with van der Waals surface area (Å²) in [5.41, 5.74) is 1.11. The molecule has 2 amide bonds. The molecule has 0 radical (unpaired) electrons. The number of urea groups is 1. The summed E-state index contributed by atoms with van der Waals surface area (Å²) in [6.45, 7) is 4.79. The van der Waals surface area contributed by atoms with Gasteiger partial charge in [0.2, 0.25) is 0 Å². The number of ether oxygens (including phenoxy) is 1. The molecule has 0 aromatic rings. The monoisotopic (exact) mass is 297 g/mol. The van der Waals surface area contributed by atoms with Crippen molar-refractivity contribution >= 4 is 12.0 Å². The van der Waals surface area contributed by atoms with Crippen LogP contribution in [0.3, 0.4) is 0 Å². The molecular weight excluding hydrogens is 274 g/mol. The van der Waals surface area contributed by atoms with Gasteiger partial charge in [0.15, 0.2) is 0 Å². The number of hydrogen-bond donors (Lipinski definition) is 3. The molecule has 0 aromatic heterocycles. The second-order valence-electron chi connectivity index (χ2n) is 5.39. The van der Waals surface area contributed by atoms with Gasteiger partial charge in [-0.15, -0.1) is 0 Å². The van der Waals surface area contributed by atoms with Crippen LogP contribution in [0.25, 0.3) is 0 Å². The van der Waals surface area contributed by atoms with E-state index in [0.717, 1.165) is 25.9 Å². The lowest BCUT2D eigenvalue weighted by Crippen LogP contribution is -2.46. The van der Waals surface area contributed by atoms with Crippen molar-refractivity contribution in [1.29, 1.82) is 0 Å². The molecule has 21 heavy (non-hydrogen) atoms. The standard InChI is InChI=1S/C14H23N3O4/c1-2-21-13(19)11-7-15-14(20)16-12(11)9-17-5-3-10(8-17)4-6-18/h10,18H,2-9H2,1H3,(H2,15,16,20). The predicted octanol–water partition coefficient (Wildman–Crippen LogP) is -0.179. The Kier molecular flexibility index (Phi) is 5.58. The van der Waals surface area contributed by atoms with Crippen LogP contribution in [0, 0.1) is 5.92 Å². The van der Waals surface area contributed by atoms with Crippen LogP contribution >= 0.6 is 0 Å². The van der Waals surface area contributed by atoms with Crippen molar-refractivity contribution in [2.45, 2.75) is 19.8 Å². The van der Waals surface area contributed by atoms with E-state index >= 15 is 0 Å². The Hall–Kier alpha value is -1.60. The summed E-state index contributed by atoms with van der Waals surface area (Å²) >= 11 is 0. The molecule has 1 atom stereocenters. The molecule has 0 saturated carbocycles. The minimum atomic E-state index is -0.383. The summed E-state index contributed by atoms with van der Waals surface area (Å²) in [5.74, 6) is 0.102. The van der Waals surface area contributed by atoms with E-state index in [1.807, 2.05) is 0 Å². The number of aliphatic hydroxyl groups excluding tert-OH is 1. The van der Waals surface area contributed by atoms with Gasteiger partial charge in [0.25, 0.3) is 0 Å². The fourth-order valence-corrected chi connectivity index (χ4v) is 2.78. The first-order chi connectivity index (χ1) is 10.1. The number of nitrogens with one attached hydrogen (secondary N) is 2. The third-order valence-corrected chi connectivity index (χ3v) is 3.87. The van der Waals surface area contributed by atoms with E-state index < -0.39 is 0 Å². The molecule has 3 N–H and O–H groups in total. The Morgan fingerprint density at radius 3 is 3.05 bits per heavy atom. The smallest absolute Gasteiger partial charge is 0.337 e. The van der Waals surface area contributed by atoms with E-state index in [2.05, 4.69) is 15.5 Å². The van der Waals surface area contributed by atoms with Crippen LogP contribution in [0.15, 0.2) is 11.3 Å². The van der Waals surface area contributed by atoms with Gasteiger partial charge >= 0.3 is 12.0 Å². The van der Waals surface area contributed by atoms with E-state index in [1.54, 1.807) is 6.92 Å². The fourth-order valence-electron chi connectivity index (χ4n) is 2.78. The molecule has 2 heterocycles. The number of carbonyl (C=O) groups excluding carboxylic acids is 2. The predicted molar refractivity (Wildman–Crippen MR) is 76.4 cm³/mol. The van der Waals surface area contributed by atoms with Crippen LogP contribution in [0.2, 0.25) is 0 Å². The second-order valence-corrected chi connectivity index (χ2v) is 5.39. The van der Waals surface area contributed by atoms with E-state index in [0.29, 0.717) is 30.3 Å². The lowest BCUT2D eigenvalue weighted by molar-refractivity contribution is -0.138. The molecule has 0 aliphatic carbocycles. The van der Waals surface area contributed by atoms with Crippen LogP contribution < -0.4 is 10.6 Å². The van der Waals surface area contributed by atoms with Crippen LogP contribution in [-0.2, 0) is 9.53 Å². The molecule has 0 aromatic carbocycles. The van der Waals surface area contributed by atoms with Gasteiger partial charge in [-0.25, -0.2) is 9.59 Å².